The maximum absolute atomic E-state index is 11.6. The first-order chi connectivity index (χ1) is 19.3. The van der Waals surface area contributed by atoms with Gasteiger partial charge in [0.05, 0.1) is 19.8 Å². The fourth-order valence-corrected chi connectivity index (χ4v) is 4.54. The van der Waals surface area contributed by atoms with E-state index in [-0.39, 0.29) is 45.3 Å². The van der Waals surface area contributed by atoms with Crippen LogP contribution in [0.25, 0.3) is 10.8 Å². The van der Waals surface area contributed by atoms with Crippen molar-refractivity contribution in [3.8, 4) is 0 Å². The molecule has 1 aliphatic rings. The monoisotopic (exact) mass is 647 g/mol. The number of ether oxygens (including phenoxy) is 1. The summed E-state index contributed by atoms with van der Waals surface area (Å²) in [6.45, 7) is 13.9. The van der Waals surface area contributed by atoms with Crippen LogP contribution in [0, 0.1) is 32.1 Å². The molecule has 1 unspecified atom stereocenters. The molecule has 3 radical (unpaired) electrons. The normalized spacial score (nSPS) is 11.7. The van der Waals surface area contributed by atoms with Gasteiger partial charge < -0.3 is 25.0 Å². The Bertz CT molecular complexity index is 1350. The van der Waals surface area contributed by atoms with Crippen LogP contribution in [0.3, 0.4) is 0 Å². The summed E-state index contributed by atoms with van der Waals surface area (Å²) in [6, 6.07) is 31.6. The predicted molar refractivity (Wildman–Crippen MR) is 171 cm³/mol. The van der Waals surface area contributed by atoms with Crippen molar-refractivity contribution < 1.29 is 43.1 Å². The van der Waals surface area contributed by atoms with Gasteiger partial charge in [-0.1, -0.05) is 93.0 Å². The molecular formula is C37H42BCo2O2. The minimum absolute atomic E-state index is 0. The smallest absolute Gasteiger partial charge is 0.469 e. The summed E-state index contributed by atoms with van der Waals surface area (Å²) in [4.78, 5) is 11.6. The number of rotatable bonds is 8. The molecule has 0 saturated heterocycles. The molecule has 5 rings (SSSR count). The molecule has 0 amide bonds. The van der Waals surface area contributed by atoms with E-state index in [0.717, 1.165) is 6.42 Å². The van der Waals surface area contributed by atoms with E-state index in [1.807, 2.05) is 26.3 Å². The van der Waals surface area contributed by atoms with Gasteiger partial charge >= 0.3 is 39.5 Å². The van der Waals surface area contributed by atoms with Gasteiger partial charge in [0.15, 0.2) is 0 Å². The molecule has 223 valence electrons. The van der Waals surface area contributed by atoms with Crippen molar-refractivity contribution >= 4 is 24.0 Å². The largest absolute Gasteiger partial charge is 2.00 e. The zero-order valence-corrected chi connectivity index (χ0v) is 27.3. The predicted octanol–water partition coefficient (Wildman–Crippen LogP) is 8.85. The molecule has 2 nitrogen and oxygen atoms in total. The van der Waals surface area contributed by atoms with Crippen molar-refractivity contribution in [2.75, 3.05) is 7.11 Å². The van der Waals surface area contributed by atoms with Crippen LogP contribution in [0.5, 0.6) is 0 Å². The number of fused-ring (bicyclic) bond motifs is 2. The Labute approximate surface area is 276 Å². The molecule has 0 aliphatic heterocycles. The number of hydrogen-bond acceptors (Lipinski definition) is 2. The van der Waals surface area contributed by atoms with Crippen LogP contribution in [0.1, 0.15) is 60.8 Å². The number of hydrogen-bond donors (Lipinski definition) is 0. The molecular weight excluding hydrogens is 605 g/mol. The second-order valence-corrected chi connectivity index (χ2v) is 10.8. The second-order valence-electron chi connectivity index (χ2n) is 10.8. The van der Waals surface area contributed by atoms with E-state index in [9.17, 15) is 4.79 Å². The molecule has 0 aromatic heterocycles. The van der Waals surface area contributed by atoms with E-state index >= 15 is 0 Å². The molecule has 42 heavy (non-hydrogen) atoms. The molecule has 0 heterocycles. The minimum Gasteiger partial charge on any atom is -0.469 e. The van der Waals surface area contributed by atoms with Gasteiger partial charge in [0, 0.05) is 0 Å². The summed E-state index contributed by atoms with van der Waals surface area (Å²) in [7, 11) is 3.54. The SMILES string of the molecule is CC[CH-]c1ccccc1.[CH2-]C([B]CC(C)(C)C(=O)OC)c1ccc2c(c1)CC2.[CH2-][CH-]c1ccc2ccccc2c1.[Co+2].[Co+2]. The minimum atomic E-state index is -0.482. The molecule has 0 fully saturated rings. The average molecular weight is 647 g/mol. The second kappa shape index (κ2) is 18.9. The summed E-state index contributed by atoms with van der Waals surface area (Å²) >= 11 is 0. The first kappa shape index (κ1) is 37.5. The Hall–Kier alpha value is -2.57. The Morgan fingerprint density at radius 1 is 0.881 bits per heavy atom. The van der Waals surface area contributed by atoms with Crippen molar-refractivity contribution in [2.45, 2.75) is 52.2 Å². The summed E-state index contributed by atoms with van der Waals surface area (Å²) in [5.41, 5.74) is 6.16. The van der Waals surface area contributed by atoms with Crippen LogP contribution in [0.4, 0.5) is 0 Å². The Kier molecular flexibility index (Phi) is 16.8. The molecule has 1 aliphatic carbocycles. The number of benzene rings is 4. The maximum Gasteiger partial charge on any atom is 2.00 e. The number of carbonyl (C=O) groups excluding carboxylic acids is 1. The number of methoxy groups -OCH3 is 1. The third-order valence-electron chi connectivity index (χ3n) is 7.22. The summed E-state index contributed by atoms with van der Waals surface area (Å²) in [5, 5.41) is 2.55. The fourth-order valence-electron chi connectivity index (χ4n) is 4.54. The molecule has 0 N–H and O–H groups in total. The van der Waals surface area contributed by atoms with Crippen LogP contribution in [-0.2, 0) is 55.9 Å². The van der Waals surface area contributed by atoms with Gasteiger partial charge in [0.2, 0.25) is 0 Å². The van der Waals surface area contributed by atoms with Crippen molar-refractivity contribution in [2.24, 2.45) is 5.41 Å². The van der Waals surface area contributed by atoms with Crippen LogP contribution in [0.2, 0.25) is 6.32 Å². The van der Waals surface area contributed by atoms with Gasteiger partial charge in [-0.2, -0.15) is 42.1 Å². The molecule has 4 aromatic rings. The number of aryl methyl sites for hydroxylation is 2. The zero-order chi connectivity index (χ0) is 29.0. The molecule has 0 spiro atoms. The van der Waals surface area contributed by atoms with Crippen molar-refractivity contribution in [3.05, 3.63) is 146 Å². The molecule has 1 atom stereocenters. The maximum atomic E-state index is 11.6. The Balaban J connectivity index is 0.000000331. The molecule has 0 bridgehead atoms. The van der Waals surface area contributed by atoms with E-state index in [2.05, 4.69) is 119 Å². The summed E-state index contributed by atoms with van der Waals surface area (Å²) < 4.78 is 4.82. The standard InChI is InChI=1S/C16H21BO2.C12H10.C9H11.2Co/c1-11(17-10-16(2,3)15(18)19-4)13-7-5-12-6-8-14(12)9-13;1-2-10-7-8-11-5-3-4-6-12(11)9-10;1-2-6-9-7-4-3-5-8-9;;/h5,7,9,11H,1,6,8,10H2,2-4H3;2-9H,1H2;3-8H,2H2,1H3;;/q-1;-2;-1;2*+2. The number of carbonyl (C=O) groups is 1. The van der Waals surface area contributed by atoms with Gasteiger partial charge in [-0.05, 0) is 29.4 Å². The number of esters is 1. The average Bonchev–Trinajstić information content (AvgIpc) is 2.97. The van der Waals surface area contributed by atoms with Gasteiger partial charge in [0.25, 0.3) is 0 Å². The third-order valence-corrected chi connectivity index (χ3v) is 7.22. The van der Waals surface area contributed by atoms with Crippen molar-refractivity contribution in [3.63, 3.8) is 0 Å². The van der Waals surface area contributed by atoms with Crippen molar-refractivity contribution in [1.82, 2.24) is 0 Å². The van der Waals surface area contributed by atoms with E-state index in [1.54, 1.807) is 0 Å². The fraction of sp³-hybridized carbons (Fsp3) is 0.270. The van der Waals surface area contributed by atoms with E-state index in [4.69, 9.17) is 4.74 Å². The first-order valence-electron chi connectivity index (χ1n) is 14.1. The van der Waals surface area contributed by atoms with Crippen molar-refractivity contribution in [1.29, 1.82) is 0 Å². The molecule has 4 aromatic carbocycles. The molecule has 5 heteroatoms. The van der Waals surface area contributed by atoms with E-state index < -0.39 is 5.41 Å². The van der Waals surface area contributed by atoms with Crippen LogP contribution >= 0.6 is 0 Å². The van der Waals surface area contributed by atoms with Crippen LogP contribution in [0.15, 0.2) is 91.0 Å². The molecule has 0 saturated carbocycles. The van der Waals surface area contributed by atoms with E-state index in [0.29, 0.717) is 6.32 Å². The quantitative estimate of drug-likeness (QED) is 0.109. The van der Waals surface area contributed by atoms with Crippen LogP contribution in [-0.4, -0.2) is 20.4 Å². The Morgan fingerprint density at radius 2 is 1.52 bits per heavy atom. The zero-order valence-electron chi connectivity index (χ0n) is 25.2. The van der Waals surface area contributed by atoms with Gasteiger partial charge in [-0.3, -0.25) is 4.79 Å². The first-order valence-corrected chi connectivity index (χ1v) is 14.1. The summed E-state index contributed by atoms with van der Waals surface area (Å²) in [6.07, 6.45) is 8.25. The van der Waals surface area contributed by atoms with Gasteiger partial charge in [-0.25, -0.2) is 5.56 Å². The summed E-state index contributed by atoms with van der Waals surface area (Å²) in [5.74, 6) is -0.0528. The Morgan fingerprint density at radius 3 is 2.10 bits per heavy atom. The topological polar surface area (TPSA) is 26.3 Å². The van der Waals surface area contributed by atoms with Gasteiger partial charge in [-0.15, -0.1) is 18.2 Å². The van der Waals surface area contributed by atoms with Gasteiger partial charge in [0.1, 0.15) is 0 Å². The van der Waals surface area contributed by atoms with Crippen LogP contribution < -0.4 is 0 Å². The third kappa shape index (κ3) is 11.3. The van der Waals surface area contributed by atoms with E-state index in [1.165, 1.54) is 58.5 Å².